The Bertz CT molecular complexity index is 1680. The lowest BCUT2D eigenvalue weighted by Gasteiger charge is -2.35. The van der Waals surface area contributed by atoms with Gasteiger partial charge in [0.2, 0.25) is 0 Å². The van der Waals surface area contributed by atoms with E-state index in [4.69, 9.17) is 27.1 Å². The first kappa shape index (κ1) is 25.8. The molecule has 12 heteroatoms. The number of nitrogens with zero attached hydrogens (tertiary/aromatic N) is 5. The van der Waals surface area contributed by atoms with Crippen molar-refractivity contribution in [1.29, 1.82) is 0 Å². The molecule has 2 aromatic carbocycles. The first-order chi connectivity index (χ1) is 19.9. The van der Waals surface area contributed by atoms with Gasteiger partial charge in [0.25, 0.3) is 0 Å². The van der Waals surface area contributed by atoms with Crippen molar-refractivity contribution in [3.8, 4) is 17.1 Å². The van der Waals surface area contributed by atoms with Gasteiger partial charge in [0.15, 0.2) is 10.9 Å². The molecular weight excluding hydrogens is 568 g/mol. The van der Waals surface area contributed by atoms with Crippen LogP contribution in [0.5, 0.6) is 6.01 Å². The number of hydrogen-bond donors (Lipinski definition) is 2. The summed E-state index contributed by atoms with van der Waals surface area (Å²) in [7, 11) is 0. The molecule has 8 rings (SSSR count). The van der Waals surface area contributed by atoms with E-state index in [1.165, 1.54) is 17.4 Å². The molecule has 2 aromatic heterocycles. The van der Waals surface area contributed by atoms with Crippen molar-refractivity contribution in [2.45, 2.75) is 56.1 Å². The Morgan fingerprint density at radius 3 is 2.56 bits per heavy atom. The van der Waals surface area contributed by atoms with Crippen LogP contribution in [0.15, 0.2) is 18.2 Å². The van der Waals surface area contributed by atoms with Gasteiger partial charge in [0.05, 0.1) is 20.8 Å². The lowest BCUT2D eigenvalue weighted by Crippen LogP contribution is -2.51. The molecule has 4 aromatic rings. The first-order valence-corrected chi connectivity index (χ1v) is 15.5. The van der Waals surface area contributed by atoms with E-state index in [2.05, 4.69) is 25.1 Å². The highest BCUT2D eigenvalue weighted by Crippen LogP contribution is 2.44. The molecule has 8 nitrogen and oxygen atoms in total. The summed E-state index contributed by atoms with van der Waals surface area (Å²) >= 11 is 7.98. The molecule has 6 heterocycles. The molecule has 2 atom stereocenters. The molecule has 4 saturated heterocycles. The van der Waals surface area contributed by atoms with E-state index in [9.17, 15) is 0 Å². The van der Waals surface area contributed by atoms with Gasteiger partial charge in [-0.05, 0) is 69.8 Å². The van der Waals surface area contributed by atoms with E-state index in [0.717, 1.165) is 64.7 Å². The largest absolute Gasteiger partial charge is 0.461 e. The zero-order chi connectivity index (χ0) is 27.9. The van der Waals surface area contributed by atoms with Crippen molar-refractivity contribution < 1.29 is 13.5 Å². The van der Waals surface area contributed by atoms with Crippen molar-refractivity contribution in [3.05, 3.63) is 34.9 Å². The van der Waals surface area contributed by atoms with Crippen molar-refractivity contribution in [2.75, 3.05) is 43.4 Å². The van der Waals surface area contributed by atoms with E-state index < -0.39 is 11.6 Å². The van der Waals surface area contributed by atoms with Crippen LogP contribution in [0.4, 0.5) is 19.7 Å². The summed E-state index contributed by atoms with van der Waals surface area (Å²) in [6.45, 7) is 4.09. The van der Waals surface area contributed by atoms with E-state index in [0.29, 0.717) is 34.6 Å². The number of benzene rings is 2. The van der Waals surface area contributed by atoms with Crippen LogP contribution in [0.25, 0.3) is 32.2 Å². The van der Waals surface area contributed by atoms with Crippen LogP contribution < -0.4 is 20.7 Å². The van der Waals surface area contributed by atoms with E-state index in [1.807, 2.05) is 0 Å². The van der Waals surface area contributed by atoms with Gasteiger partial charge >= 0.3 is 6.01 Å². The number of thiazole rings is 1. The maximum absolute atomic E-state index is 16.7. The number of fused-ring (bicyclic) bond motifs is 5. The number of anilines is 2. The number of piperazine rings is 1. The normalized spacial score (nSPS) is 23.6. The second-order valence-electron chi connectivity index (χ2n) is 11.8. The number of aromatic nitrogens is 3. The summed E-state index contributed by atoms with van der Waals surface area (Å²) in [5, 5.41) is 4.46. The number of rotatable bonds is 5. The monoisotopic (exact) mass is 597 g/mol. The predicted molar refractivity (Wildman–Crippen MR) is 158 cm³/mol. The molecule has 4 fully saturated rings. The molecule has 0 amide bonds. The van der Waals surface area contributed by atoms with E-state index in [1.54, 1.807) is 12.1 Å². The van der Waals surface area contributed by atoms with E-state index in [-0.39, 0.29) is 43.9 Å². The minimum absolute atomic E-state index is 0.0142. The third-order valence-electron chi connectivity index (χ3n) is 9.42. The van der Waals surface area contributed by atoms with Gasteiger partial charge in [0, 0.05) is 41.7 Å². The zero-order valence-corrected chi connectivity index (χ0v) is 24.0. The van der Waals surface area contributed by atoms with Crippen LogP contribution in [0.1, 0.15) is 38.5 Å². The number of halogens is 3. The topological polar surface area (TPSA) is 92.4 Å². The molecule has 4 aliphatic rings. The van der Waals surface area contributed by atoms with Crippen molar-refractivity contribution in [2.24, 2.45) is 0 Å². The highest BCUT2D eigenvalue weighted by molar-refractivity contribution is 7.22. The lowest BCUT2D eigenvalue weighted by molar-refractivity contribution is 0.108. The molecule has 4 aliphatic heterocycles. The number of ether oxygens (including phenoxy) is 1. The van der Waals surface area contributed by atoms with Crippen LogP contribution in [-0.2, 0) is 0 Å². The minimum Gasteiger partial charge on any atom is -0.461 e. The molecule has 0 saturated carbocycles. The van der Waals surface area contributed by atoms with Crippen LogP contribution in [0.2, 0.25) is 5.02 Å². The number of nitrogen functional groups attached to an aromatic ring is 1. The molecule has 2 unspecified atom stereocenters. The Labute approximate surface area is 244 Å². The zero-order valence-electron chi connectivity index (χ0n) is 22.4. The summed E-state index contributed by atoms with van der Waals surface area (Å²) in [4.78, 5) is 18.5. The molecule has 2 bridgehead atoms. The summed E-state index contributed by atoms with van der Waals surface area (Å²) in [5.74, 6) is -0.757. The fourth-order valence-electron chi connectivity index (χ4n) is 7.55. The molecule has 214 valence electrons. The molecule has 41 heavy (non-hydrogen) atoms. The van der Waals surface area contributed by atoms with Gasteiger partial charge in [-0.3, -0.25) is 4.90 Å². The van der Waals surface area contributed by atoms with Crippen LogP contribution in [0.3, 0.4) is 0 Å². The van der Waals surface area contributed by atoms with Crippen LogP contribution in [-0.4, -0.2) is 70.3 Å². The smallest absolute Gasteiger partial charge is 0.319 e. The SMILES string of the molecule is Nc1nc2c(-c3c(Cl)cc4c(N5CC6CCC(C5)N6)nc(OCC56CCCN5CCC6)nc4c3F)c(F)ccc2s1. The number of nitrogens with one attached hydrogen (secondary N) is 1. The Morgan fingerprint density at radius 2 is 1.80 bits per heavy atom. The highest BCUT2D eigenvalue weighted by atomic mass is 35.5. The average molecular weight is 598 g/mol. The van der Waals surface area contributed by atoms with Gasteiger partial charge < -0.3 is 20.7 Å². The second-order valence-corrected chi connectivity index (χ2v) is 13.3. The minimum atomic E-state index is -0.724. The maximum Gasteiger partial charge on any atom is 0.319 e. The van der Waals surface area contributed by atoms with Crippen molar-refractivity contribution >= 4 is 55.0 Å². The summed E-state index contributed by atoms with van der Waals surface area (Å²) < 4.78 is 39.0. The summed E-state index contributed by atoms with van der Waals surface area (Å²) in [6, 6.07) is 5.35. The Balaban J connectivity index is 1.28. The van der Waals surface area contributed by atoms with Crippen molar-refractivity contribution in [1.82, 2.24) is 25.2 Å². The third kappa shape index (κ3) is 4.15. The fraction of sp³-hybridized carbons (Fsp3) is 0.483. The molecule has 0 aliphatic carbocycles. The Kier molecular flexibility index (Phi) is 6.04. The molecule has 0 spiro atoms. The molecule has 3 N–H and O–H groups in total. The molecular formula is C29H30ClF2N7OS. The van der Waals surface area contributed by atoms with Gasteiger partial charge in [-0.2, -0.15) is 9.97 Å². The Hall–Kier alpha value is -2.86. The first-order valence-electron chi connectivity index (χ1n) is 14.3. The van der Waals surface area contributed by atoms with Gasteiger partial charge in [0.1, 0.15) is 23.8 Å². The average Bonchev–Trinajstić information content (AvgIpc) is 3.71. The Morgan fingerprint density at radius 1 is 1.05 bits per heavy atom. The predicted octanol–water partition coefficient (Wildman–Crippen LogP) is 5.37. The summed E-state index contributed by atoms with van der Waals surface area (Å²) in [5.41, 5.74) is 6.15. The van der Waals surface area contributed by atoms with Gasteiger partial charge in [-0.1, -0.05) is 22.9 Å². The second kappa shape index (κ2) is 9.58. The maximum atomic E-state index is 16.7. The van der Waals surface area contributed by atoms with Crippen LogP contribution in [0, 0.1) is 11.6 Å². The van der Waals surface area contributed by atoms with Crippen molar-refractivity contribution in [3.63, 3.8) is 0 Å². The third-order valence-corrected chi connectivity index (χ3v) is 10.6. The van der Waals surface area contributed by atoms with Gasteiger partial charge in [-0.25, -0.2) is 13.8 Å². The molecule has 0 radical (unpaired) electrons. The highest BCUT2D eigenvalue weighted by Gasteiger charge is 2.45. The quantitative estimate of drug-likeness (QED) is 0.317. The summed E-state index contributed by atoms with van der Waals surface area (Å²) in [6.07, 6.45) is 6.61. The standard InChI is InChI=1S/C29H30ClF2N7OS/c30-18-11-17-24(23(32)21(18)22-19(31)5-6-20-25(22)35-27(33)41-20)36-28(40-14-29-7-1-9-39(29)10-2-8-29)37-26(17)38-12-15-3-4-16(13-38)34-15/h5-6,11,15-16,34H,1-4,7-10,12-14H2,(H2,33,35). The van der Waals surface area contributed by atoms with E-state index >= 15 is 8.78 Å². The lowest BCUT2D eigenvalue weighted by atomic mass is 9.95. The fourth-order valence-corrected chi connectivity index (χ4v) is 8.58. The van der Waals surface area contributed by atoms with Crippen LogP contribution >= 0.6 is 22.9 Å². The number of nitrogens with two attached hydrogens (primary N) is 1. The number of hydrogen-bond acceptors (Lipinski definition) is 9. The van der Waals surface area contributed by atoms with Gasteiger partial charge in [-0.15, -0.1) is 0 Å².